The van der Waals surface area contributed by atoms with E-state index in [2.05, 4.69) is 5.32 Å². The van der Waals surface area contributed by atoms with Crippen LogP contribution in [0.5, 0.6) is 5.75 Å². The highest BCUT2D eigenvalue weighted by Gasteiger charge is 2.16. The van der Waals surface area contributed by atoms with Crippen molar-refractivity contribution in [3.63, 3.8) is 0 Å². The number of aliphatic hydroxyl groups excluding tert-OH is 1. The predicted molar refractivity (Wildman–Crippen MR) is 72.4 cm³/mol. The lowest BCUT2D eigenvalue weighted by molar-refractivity contribution is -0.385. The van der Waals surface area contributed by atoms with E-state index >= 15 is 0 Å². The lowest BCUT2D eigenvalue weighted by Gasteiger charge is -2.20. The van der Waals surface area contributed by atoms with E-state index in [4.69, 9.17) is 4.74 Å². The van der Waals surface area contributed by atoms with Crippen LogP contribution in [0.4, 0.5) is 5.69 Å². The number of hydrogen-bond donors (Lipinski definition) is 2. The third-order valence-electron chi connectivity index (χ3n) is 2.30. The van der Waals surface area contributed by atoms with Gasteiger partial charge in [-0.15, -0.1) is 0 Å². The maximum Gasteiger partial charge on any atom is 0.270 e. The van der Waals surface area contributed by atoms with Crippen LogP contribution in [0.1, 0.15) is 26.3 Å². The van der Waals surface area contributed by atoms with Gasteiger partial charge in [-0.1, -0.05) is 0 Å². The molecule has 0 radical (unpaired) electrons. The van der Waals surface area contributed by atoms with E-state index < -0.39 is 11.5 Å². The van der Waals surface area contributed by atoms with Gasteiger partial charge in [0, 0.05) is 23.2 Å². The lowest BCUT2D eigenvalue weighted by atomic mass is 10.1. The Bertz CT molecular complexity index is 508. The van der Waals surface area contributed by atoms with Crippen molar-refractivity contribution in [3.05, 3.63) is 33.9 Å². The second-order valence-electron chi connectivity index (χ2n) is 5.29. The molecule has 0 heterocycles. The Labute approximate surface area is 116 Å². The SMILES string of the molecule is CC(C)(C)NC(=O)COc1ccc([N+](=O)[O-])cc1CO. The molecule has 20 heavy (non-hydrogen) atoms. The number of nitro benzene ring substituents is 1. The van der Waals surface area contributed by atoms with Crippen LogP contribution in [0.15, 0.2) is 18.2 Å². The van der Waals surface area contributed by atoms with Crippen LogP contribution >= 0.6 is 0 Å². The number of hydrogen-bond acceptors (Lipinski definition) is 5. The van der Waals surface area contributed by atoms with E-state index in [0.29, 0.717) is 0 Å². The molecule has 2 N–H and O–H groups in total. The second kappa shape index (κ2) is 6.33. The predicted octanol–water partition coefficient (Wildman–Crippen LogP) is 1.38. The fourth-order valence-electron chi connectivity index (χ4n) is 1.54. The molecule has 110 valence electrons. The number of aliphatic hydroxyl groups is 1. The number of nitro groups is 1. The summed E-state index contributed by atoms with van der Waals surface area (Å²) in [6, 6.07) is 3.85. The van der Waals surface area contributed by atoms with Crippen LogP contribution in [0.2, 0.25) is 0 Å². The molecule has 0 atom stereocenters. The van der Waals surface area contributed by atoms with Gasteiger partial charge in [0.25, 0.3) is 11.6 Å². The molecule has 1 aromatic carbocycles. The minimum atomic E-state index is -0.560. The monoisotopic (exact) mass is 282 g/mol. The second-order valence-corrected chi connectivity index (χ2v) is 5.29. The molecule has 0 aliphatic heterocycles. The average Bonchev–Trinajstić information content (AvgIpc) is 2.33. The van der Waals surface area contributed by atoms with Crippen LogP contribution < -0.4 is 10.1 Å². The van der Waals surface area contributed by atoms with Crippen molar-refractivity contribution in [1.82, 2.24) is 5.32 Å². The molecule has 0 saturated carbocycles. The number of nitrogens with one attached hydrogen (secondary N) is 1. The fourth-order valence-corrected chi connectivity index (χ4v) is 1.54. The van der Waals surface area contributed by atoms with Crippen molar-refractivity contribution < 1.29 is 19.6 Å². The first kappa shape index (κ1) is 15.9. The molecule has 0 bridgehead atoms. The molecule has 1 amide bonds. The molecule has 0 saturated heterocycles. The molecule has 0 fully saturated rings. The van der Waals surface area contributed by atoms with Crippen molar-refractivity contribution in [2.75, 3.05) is 6.61 Å². The highest BCUT2D eigenvalue weighted by atomic mass is 16.6. The minimum absolute atomic E-state index is 0.138. The number of carbonyl (C=O) groups excluding carboxylic acids is 1. The number of non-ortho nitro benzene ring substituents is 1. The highest BCUT2D eigenvalue weighted by Crippen LogP contribution is 2.24. The molecule has 0 spiro atoms. The Hall–Kier alpha value is -2.15. The summed E-state index contributed by atoms with van der Waals surface area (Å²) in [5.41, 5.74) is -0.237. The average molecular weight is 282 g/mol. The van der Waals surface area contributed by atoms with Gasteiger partial charge in [0.05, 0.1) is 11.5 Å². The standard InChI is InChI=1S/C13H18N2O5/c1-13(2,3)14-12(17)8-20-11-5-4-10(15(18)19)6-9(11)7-16/h4-6,16H,7-8H2,1-3H3,(H,14,17). The van der Waals surface area contributed by atoms with E-state index in [9.17, 15) is 20.0 Å². The van der Waals surface area contributed by atoms with Crippen LogP contribution in [0.25, 0.3) is 0 Å². The lowest BCUT2D eigenvalue weighted by Crippen LogP contribution is -2.43. The number of amides is 1. The molecule has 0 aliphatic carbocycles. The van der Waals surface area contributed by atoms with Gasteiger partial charge in [-0.05, 0) is 26.8 Å². The van der Waals surface area contributed by atoms with Crippen LogP contribution in [0, 0.1) is 10.1 Å². The molecule has 1 rings (SSSR count). The van der Waals surface area contributed by atoms with E-state index in [1.807, 2.05) is 20.8 Å². The van der Waals surface area contributed by atoms with Crippen molar-refractivity contribution >= 4 is 11.6 Å². The summed E-state index contributed by atoms with van der Waals surface area (Å²) in [4.78, 5) is 21.7. The smallest absolute Gasteiger partial charge is 0.270 e. The zero-order valence-corrected chi connectivity index (χ0v) is 11.7. The summed E-state index contributed by atoms with van der Waals surface area (Å²) < 4.78 is 5.28. The number of rotatable bonds is 5. The molecule has 7 heteroatoms. The quantitative estimate of drug-likeness (QED) is 0.627. The molecule has 0 aromatic heterocycles. The van der Waals surface area contributed by atoms with E-state index in [-0.39, 0.29) is 35.1 Å². The molecular weight excluding hydrogens is 264 g/mol. The van der Waals surface area contributed by atoms with E-state index in [0.717, 1.165) is 0 Å². The number of nitrogens with zero attached hydrogens (tertiary/aromatic N) is 1. The van der Waals surface area contributed by atoms with Gasteiger partial charge < -0.3 is 15.2 Å². The normalized spacial score (nSPS) is 11.0. The molecule has 0 aliphatic rings. The van der Waals surface area contributed by atoms with Crippen molar-refractivity contribution in [2.24, 2.45) is 0 Å². The zero-order valence-electron chi connectivity index (χ0n) is 11.7. The maximum atomic E-state index is 11.6. The van der Waals surface area contributed by atoms with Crippen LogP contribution in [0.3, 0.4) is 0 Å². The van der Waals surface area contributed by atoms with Gasteiger partial charge in [-0.25, -0.2) is 0 Å². The molecular formula is C13H18N2O5. The number of benzene rings is 1. The Balaban J connectivity index is 2.73. The Kier molecular flexibility index (Phi) is 5.04. The topological polar surface area (TPSA) is 102 Å². The van der Waals surface area contributed by atoms with Gasteiger partial charge in [0.1, 0.15) is 5.75 Å². The largest absolute Gasteiger partial charge is 0.483 e. The fraction of sp³-hybridized carbons (Fsp3) is 0.462. The Morgan fingerprint density at radius 3 is 2.60 bits per heavy atom. The number of ether oxygens (including phenoxy) is 1. The van der Waals surface area contributed by atoms with Gasteiger partial charge in [-0.3, -0.25) is 14.9 Å². The summed E-state index contributed by atoms with van der Waals surface area (Å²) in [5.74, 6) is -0.0538. The molecule has 7 nitrogen and oxygen atoms in total. The summed E-state index contributed by atoms with van der Waals surface area (Å²) in [5, 5.41) is 22.5. The summed E-state index contributed by atoms with van der Waals surface area (Å²) in [7, 11) is 0. The highest BCUT2D eigenvalue weighted by molar-refractivity contribution is 5.78. The molecule has 1 aromatic rings. The van der Waals surface area contributed by atoms with Gasteiger partial charge >= 0.3 is 0 Å². The van der Waals surface area contributed by atoms with Crippen molar-refractivity contribution in [3.8, 4) is 5.75 Å². The zero-order chi connectivity index (χ0) is 15.3. The summed E-state index contributed by atoms with van der Waals surface area (Å²) in [6.07, 6.45) is 0. The van der Waals surface area contributed by atoms with Crippen LogP contribution in [-0.4, -0.2) is 28.1 Å². The van der Waals surface area contributed by atoms with Gasteiger partial charge in [-0.2, -0.15) is 0 Å². The van der Waals surface area contributed by atoms with Gasteiger partial charge in [0.15, 0.2) is 6.61 Å². The first-order valence-electron chi connectivity index (χ1n) is 6.05. The summed E-state index contributed by atoms with van der Waals surface area (Å²) in [6.45, 7) is 4.90. The first-order valence-corrected chi connectivity index (χ1v) is 6.05. The van der Waals surface area contributed by atoms with Crippen LogP contribution in [-0.2, 0) is 11.4 Å². The number of carbonyl (C=O) groups is 1. The molecule has 0 unspecified atom stereocenters. The Morgan fingerprint density at radius 2 is 2.10 bits per heavy atom. The minimum Gasteiger partial charge on any atom is -0.483 e. The first-order chi connectivity index (χ1) is 9.23. The van der Waals surface area contributed by atoms with Crippen molar-refractivity contribution in [1.29, 1.82) is 0 Å². The maximum absolute atomic E-state index is 11.6. The summed E-state index contributed by atoms with van der Waals surface area (Å²) >= 11 is 0. The van der Waals surface area contributed by atoms with Crippen molar-refractivity contribution in [2.45, 2.75) is 32.9 Å². The third kappa shape index (κ3) is 4.85. The third-order valence-corrected chi connectivity index (χ3v) is 2.30. The van der Waals surface area contributed by atoms with E-state index in [1.165, 1.54) is 18.2 Å². The van der Waals surface area contributed by atoms with Gasteiger partial charge in [0.2, 0.25) is 0 Å². The van der Waals surface area contributed by atoms with E-state index in [1.54, 1.807) is 0 Å². The Morgan fingerprint density at radius 1 is 1.45 bits per heavy atom.